The summed E-state index contributed by atoms with van der Waals surface area (Å²) in [7, 11) is 0. The Bertz CT molecular complexity index is 392. The average Bonchev–Trinajstić information content (AvgIpc) is 3.32. The molecule has 1 atom stereocenters. The van der Waals surface area contributed by atoms with E-state index in [-0.39, 0.29) is 0 Å². The van der Waals surface area contributed by atoms with E-state index in [1.807, 2.05) is 0 Å². The fourth-order valence-electron chi connectivity index (χ4n) is 3.81. The zero-order valence-corrected chi connectivity index (χ0v) is 16.9. The standard InChI is InChI=1S/C20H39N3O3/c1-3-21-19(22-12-7-13-26-18-8-14-25-16-18)23-17-20(9-5-6-10-20)11-15-24-4-2/h18H,3-17H2,1-2H3,(H2,21,22,23). The number of hydrogen-bond acceptors (Lipinski definition) is 4. The molecular weight excluding hydrogens is 330 g/mol. The van der Waals surface area contributed by atoms with Crippen LogP contribution >= 0.6 is 0 Å². The molecule has 2 aliphatic rings. The van der Waals surface area contributed by atoms with Gasteiger partial charge in [0, 0.05) is 46.1 Å². The molecule has 0 radical (unpaired) electrons. The fourth-order valence-corrected chi connectivity index (χ4v) is 3.81. The number of ether oxygens (including phenoxy) is 3. The largest absolute Gasteiger partial charge is 0.382 e. The Morgan fingerprint density at radius 1 is 1.19 bits per heavy atom. The minimum absolute atomic E-state index is 0.296. The maximum Gasteiger partial charge on any atom is 0.191 e. The second-order valence-electron chi connectivity index (χ2n) is 7.49. The molecule has 0 aromatic heterocycles. The predicted octanol–water partition coefficient (Wildman–Crippen LogP) is 2.72. The van der Waals surface area contributed by atoms with Crippen LogP contribution in [0.3, 0.4) is 0 Å². The molecule has 6 heteroatoms. The van der Waals surface area contributed by atoms with Gasteiger partial charge in [0.1, 0.15) is 0 Å². The van der Waals surface area contributed by atoms with Crippen molar-refractivity contribution in [2.75, 3.05) is 52.7 Å². The summed E-state index contributed by atoms with van der Waals surface area (Å²) >= 11 is 0. The Labute approximate surface area is 159 Å². The van der Waals surface area contributed by atoms with E-state index < -0.39 is 0 Å². The van der Waals surface area contributed by atoms with Gasteiger partial charge in [0.2, 0.25) is 0 Å². The van der Waals surface area contributed by atoms with Crippen LogP contribution < -0.4 is 10.6 Å². The lowest BCUT2D eigenvalue weighted by Crippen LogP contribution is -2.39. The van der Waals surface area contributed by atoms with Gasteiger partial charge in [-0.05, 0) is 51.4 Å². The lowest BCUT2D eigenvalue weighted by molar-refractivity contribution is 0.0420. The van der Waals surface area contributed by atoms with Gasteiger partial charge in [-0.2, -0.15) is 0 Å². The number of guanidine groups is 1. The van der Waals surface area contributed by atoms with Crippen molar-refractivity contribution in [2.24, 2.45) is 10.4 Å². The highest BCUT2D eigenvalue weighted by Gasteiger charge is 2.33. The quantitative estimate of drug-likeness (QED) is 0.315. The monoisotopic (exact) mass is 369 g/mol. The van der Waals surface area contributed by atoms with Gasteiger partial charge in [0.25, 0.3) is 0 Å². The summed E-state index contributed by atoms with van der Waals surface area (Å²) in [5.74, 6) is 0.930. The Kier molecular flexibility index (Phi) is 10.3. The highest BCUT2D eigenvalue weighted by molar-refractivity contribution is 5.79. The van der Waals surface area contributed by atoms with Crippen molar-refractivity contribution in [2.45, 2.75) is 64.9 Å². The van der Waals surface area contributed by atoms with E-state index in [1.165, 1.54) is 25.7 Å². The summed E-state index contributed by atoms with van der Waals surface area (Å²) in [6.45, 7) is 10.9. The summed E-state index contributed by atoms with van der Waals surface area (Å²) in [6.07, 6.45) is 8.64. The van der Waals surface area contributed by atoms with Crippen LogP contribution in [0.25, 0.3) is 0 Å². The van der Waals surface area contributed by atoms with Crippen LogP contribution in [0.4, 0.5) is 0 Å². The molecule has 1 heterocycles. The minimum Gasteiger partial charge on any atom is -0.382 e. The lowest BCUT2D eigenvalue weighted by atomic mass is 9.83. The van der Waals surface area contributed by atoms with Gasteiger partial charge in [-0.3, -0.25) is 4.99 Å². The van der Waals surface area contributed by atoms with Crippen LogP contribution in [0.2, 0.25) is 0 Å². The maximum atomic E-state index is 5.82. The van der Waals surface area contributed by atoms with E-state index in [1.54, 1.807) is 0 Å². The minimum atomic E-state index is 0.296. The molecule has 0 spiro atoms. The van der Waals surface area contributed by atoms with E-state index in [4.69, 9.17) is 19.2 Å². The van der Waals surface area contributed by atoms with Crippen LogP contribution in [0, 0.1) is 5.41 Å². The third-order valence-corrected chi connectivity index (χ3v) is 5.42. The van der Waals surface area contributed by atoms with Crippen LogP contribution in [0.15, 0.2) is 4.99 Å². The van der Waals surface area contributed by atoms with Gasteiger partial charge in [0.15, 0.2) is 5.96 Å². The lowest BCUT2D eigenvalue weighted by Gasteiger charge is -2.27. The fraction of sp³-hybridized carbons (Fsp3) is 0.950. The van der Waals surface area contributed by atoms with Crippen molar-refractivity contribution in [3.05, 3.63) is 0 Å². The SMILES string of the molecule is CCNC(=NCC1(CCOCC)CCCC1)NCCCOC1CCOC1. The van der Waals surface area contributed by atoms with Crippen LogP contribution in [0.5, 0.6) is 0 Å². The molecule has 6 nitrogen and oxygen atoms in total. The second-order valence-corrected chi connectivity index (χ2v) is 7.49. The van der Waals surface area contributed by atoms with Gasteiger partial charge in [-0.15, -0.1) is 0 Å². The van der Waals surface area contributed by atoms with E-state index >= 15 is 0 Å². The first kappa shape index (κ1) is 21.5. The molecule has 2 rings (SSSR count). The Morgan fingerprint density at radius 2 is 2.04 bits per heavy atom. The molecule has 1 saturated heterocycles. The van der Waals surface area contributed by atoms with Gasteiger partial charge in [-0.25, -0.2) is 0 Å². The number of hydrogen-bond donors (Lipinski definition) is 2. The van der Waals surface area contributed by atoms with Crippen molar-refractivity contribution in [1.82, 2.24) is 10.6 Å². The Hall–Kier alpha value is -0.850. The molecule has 0 aromatic rings. The summed E-state index contributed by atoms with van der Waals surface area (Å²) in [4.78, 5) is 4.90. The van der Waals surface area contributed by atoms with Crippen molar-refractivity contribution < 1.29 is 14.2 Å². The predicted molar refractivity (Wildman–Crippen MR) is 106 cm³/mol. The average molecular weight is 370 g/mol. The topological polar surface area (TPSA) is 64.1 Å². The third-order valence-electron chi connectivity index (χ3n) is 5.42. The van der Waals surface area contributed by atoms with Crippen molar-refractivity contribution in [3.8, 4) is 0 Å². The third kappa shape index (κ3) is 7.80. The number of nitrogens with one attached hydrogen (secondary N) is 2. The zero-order valence-electron chi connectivity index (χ0n) is 16.9. The summed E-state index contributed by atoms with van der Waals surface area (Å²) in [6, 6.07) is 0. The highest BCUT2D eigenvalue weighted by atomic mass is 16.5. The molecule has 2 N–H and O–H groups in total. The molecule has 1 aliphatic heterocycles. The Morgan fingerprint density at radius 3 is 2.73 bits per heavy atom. The summed E-state index contributed by atoms with van der Waals surface area (Å²) in [5.41, 5.74) is 0.336. The van der Waals surface area contributed by atoms with E-state index in [2.05, 4.69) is 24.5 Å². The van der Waals surface area contributed by atoms with Gasteiger partial charge in [-0.1, -0.05) is 12.8 Å². The molecule has 2 fully saturated rings. The molecular formula is C20H39N3O3. The molecule has 152 valence electrons. The zero-order chi connectivity index (χ0) is 18.5. The highest BCUT2D eigenvalue weighted by Crippen LogP contribution is 2.41. The number of nitrogens with zero attached hydrogens (tertiary/aromatic N) is 1. The smallest absolute Gasteiger partial charge is 0.191 e. The van der Waals surface area contributed by atoms with E-state index in [9.17, 15) is 0 Å². The molecule has 26 heavy (non-hydrogen) atoms. The van der Waals surface area contributed by atoms with Gasteiger partial charge >= 0.3 is 0 Å². The van der Waals surface area contributed by atoms with Crippen LogP contribution in [0.1, 0.15) is 58.8 Å². The molecule has 1 saturated carbocycles. The van der Waals surface area contributed by atoms with Gasteiger partial charge in [0.05, 0.1) is 12.7 Å². The molecule has 0 aromatic carbocycles. The Balaban J connectivity index is 1.71. The summed E-state index contributed by atoms with van der Waals surface area (Å²) in [5, 5.41) is 6.82. The first-order chi connectivity index (χ1) is 12.8. The molecule has 1 aliphatic carbocycles. The first-order valence-corrected chi connectivity index (χ1v) is 10.6. The molecule has 0 amide bonds. The van der Waals surface area contributed by atoms with E-state index in [0.29, 0.717) is 11.5 Å². The van der Waals surface area contributed by atoms with Crippen molar-refractivity contribution in [3.63, 3.8) is 0 Å². The second kappa shape index (κ2) is 12.5. The number of rotatable bonds is 12. The van der Waals surface area contributed by atoms with Crippen molar-refractivity contribution in [1.29, 1.82) is 0 Å². The normalized spacial score (nSPS) is 22.7. The summed E-state index contributed by atoms with van der Waals surface area (Å²) < 4.78 is 16.8. The van der Waals surface area contributed by atoms with Crippen LogP contribution in [-0.2, 0) is 14.2 Å². The van der Waals surface area contributed by atoms with E-state index in [0.717, 1.165) is 77.9 Å². The first-order valence-electron chi connectivity index (χ1n) is 10.6. The molecule has 1 unspecified atom stereocenters. The van der Waals surface area contributed by atoms with Crippen molar-refractivity contribution >= 4 is 5.96 Å². The maximum absolute atomic E-state index is 5.82. The van der Waals surface area contributed by atoms with Crippen LogP contribution in [-0.4, -0.2) is 64.7 Å². The van der Waals surface area contributed by atoms with Gasteiger partial charge < -0.3 is 24.8 Å². The number of aliphatic imine (C=N–C) groups is 1. The molecule has 0 bridgehead atoms.